The number of hydrogen-bond donors (Lipinski definition) is 1. The van der Waals surface area contributed by atoms with E-state index in [1.165, 1.54) is 0 Å². The Morgan fingerprint density at radius 3 is 2.00 bits per heavy atom. The minimum Gasteiger partial charge on any atom is -0.295 e. The van der Waals surface area contributed by atoms with Crippen LogP contribution in [0.2, 0.25) is 0 Å². The Morgan fingerprint density at radius 1 is 0.895 bits per heavy atom. The van der Waals surface area contributed by atoms with Crippen LogP contribution >= 0.6 is 0 Å². The van der Waals surface area contributed by atoms with E-state index in [1.807, 2.05) is 0 Å². The van der Waals surface area contributed by atoms with Gasteiger partial charge in [-0.2, -0.15) is 0 Å². The van der Waals surface area contributed by atoms with Gasteiger partial charge in [-0.05, 0) is 19.3 Å². The van der Waals surface area contributed by atoms with Gasteiger partial charge in [0.2, 0.25) is 23.6 Å². The van der Waals surface area contributed by atoms with Crippen molar-refractivity contribution >= 4 is 23.6 Å². The molecule has 2 saturated heterocycles. The number of hydrogen-bond acceptors (Lipinski definition) is 4. The number of rotatable bonds is 1. The average Bonchev–Trinajstić information content (AvgIpc) is 2.64. The molecule has 3 atom stereocenters. The summed E-state index contributed by atoms with van der Waals surface area (Å²) in [7, 11) is 0. The molecule has 4 amide bonds. The maximum atomic E-state index is 12.3. The minimum atomic E-state index is -0.789. The summed E-state index contributed by atoms with van der Waals surface area (Å²) >= 11 is 0. The van der Waals surface area contributed by atoms with E-state index in [9.17, 15) is 19.2 Å². The summed E-state index contributed by atoms with van der Waals surface area (Å²) in [5.74, 6) is -1.78. The van der Waals surface area contributed by atoms with Crippen molar-refractivity contribution in [2.75, 3.05) is 0 Å². The highest BCUT2D eigenvalue weighted by Gasteiger charge is 2.52. The van der Waals surface area contributed by atoms with Crippen molar-refractivity contribution in [3.63, 3.8) is 0 Å². The molecule has 102 valence electrons. The molecule has 0 radical (unpaired) electrons. The van der Waals surface area contributed by atoms with Gasteiger partial charge in [-0.3, -0.25) is 29.4 Å². The molecule has 1 N–H and O–H groups in total. The second kappa shape index (κ2) is 4.43. The zero-order valence-corrected chi connectivity index (χ0v) is 10.6. The molecule has 2 heterocycles. The normalized spacial score (nSPS) is 35.4. The Labute approximate surface area is 110 Å². The lowest BCUT2D eigenvalue weighted by atomic mass is 9.81. The Bertz CT molecular complexity index is 449. The number of amides is 4. The van der Waals surface area contributed by atoms with Crippen molar-refractivity contribution in [1.29, 1.82) is 0 Å². The van der Waals surface area contributed by atoms with Gasteiger partial charge in [0.25, 0.3) is 0 Å². The number of carbonyl (C=O) groups is 4. The summed E-state index contributed by atoms with van der Waals surface area (Å²) < 4.78 is 0. The predicted octanol–water partition coefficient (Wildman–Crippen LogP) is -0.0332. The predicted molar refractivity (Wildman–Crippen MR) is 63.5 cm³/mol. The Morgan fingerprint density at radius 2 is 1.47 bits per heavy atom. The van der Waals surface area contributed by atoms with Crippen LogP contribution < -0.4 is 5.32 Å². The molecule has 3 aliphatic rings. The zero-order valence-electron chi connectivity index (χ0n) is 10.6. The van der Waals surface area contributed by atoms with Gasteiger partial charge in [-0.15, -0.1) is 0 Å². The molecule has 6 heteroatoms. The van der Waals surface area contributed by atoms with Gasteiger partial charge in [0.1, 0.15) is 6.04 Å². The van der Waals surface area contributed by atoms with Crippen LogP contribution in [-0.2, 0) is 19.2 Å². The van der Waals surface area contributed by atoms with Gasteiger partial charge in [0.15, 0.2) is 0 Å². The molecule has 1 aliphatic carbocycles. The number of likely N-dealkylation sites (tertiary alicyclic amines) is 1. The van der Waals surface area contributed by atoms with Gasteiger partial charge >= 0.3 is 0 Å². The zero-order chi connectivity index (χ0) is 13.6. The number of carbonyl (C=O) groups excluding carboxylic acids is 4. The van der Waals surface area contributed by atoms with Crippen LogP contribution in [0.15, 0.2) is 0 Å². The van der Waals surface area contributed by atoms with Crippen molar-refractivity contribution in [2.45, 2.75) is 44.6 Å². The minimum absolute atomic E-state index is 0.183. The summed E-state index contributed by atoms with van der Waals surface area (Å²) in [4.78, 5) is 48.7. The van der Waals surface area contributed by atoms with Crippen LogP contribution in [0.25, 0.3) is 0 Å². The molecular weight excluding hydrogens is 248 g/mol. The van der Waals surface area contributed by atoms with Gasteiger partial charge in [0.05, 0.1) is 11.8 Å². The number of imide groups is 2. The van der Waals surface area contributed by atoms with Crippen LogP contribution in [0.1, 0.15) is 38.5 Å². The number of fused-ring (bicyclic) bond motifs is 1. The maximum absolute atomic E-state index is 12.3. The van der Waals surface area contributed by atoms with E-state index in [1.54, 1.807) is 0 Å². The summed E-state index contributed by atoms with van der Waals surface area (Å²) in [6.45, 7) is 0. The smallest absolute Gasteiger partial charge is 0.249 e. The highest BCUT2D eigenvalue weighted by molar-refractivity contribution is 6.10. The maximum Gasteiger partial charge on any atom is 0.249 e. The number of nitrogens with zero attached hydrogens (tertiary/aromatic N) is 1. The summed E-state index contributed by atoms with van der Waals surface area (Å²) in [5, 5.41) is 2.20. The molecule has 0 aromatic carbocycles. The van der Waals surface area contributed by atoms with Crippen LogP contribution in [0.5, 0.6) is 0 Å². The van der Waals surface area contributed by atoms with E-state index in [0.29, 0.717) is 0 Å². The third kappa shape index (κ3) is 1.86. The molecule has 0 unspecified atom stereocenters. The lowest BCUT2D eigenvalue weighted by Gasteiger charge is -2.28. The van der Waals surface area contributed by atoms with Crippen molar-refractivity contribution in [1.82, 2.24) is 10.2 Å². The number of nitrogens with one attached hydrogen (secondary N) is 1. The quantitative estimate of drug-likeness (QED) is 0.674. The van der Waals surface area contributed by atoms with Crippen LogP contribution in [0, 0.1) is 11.8 Å². The van der Waals surface area contributed by atoms with E-state index in [4.69, 9.17) is 0 Å². The molecule has 19 heavy (non-hydrogen) atoms. The molecule has 1 saturated carbocycles. The van der Waals surface area contributed by atoms with E-state index in [0.717, 1.165) is 30.6 Å². The lowest BCUT2D eigenvalue weighted by molar-refractivity contribution is -0.151. The highest BCUT2D eigenvalue weighted by Crippen LogP contribution is 2.39. The monoisotopic (exact) mass is 264 g/mol. The summed E-state index contributed by atoms with van der Waals surface area (Å²) in [6, 6.07) is -0.789. The SMILES string of the molecule is O=C1CC[C@@H](N2C(=O)[C@@H]3CCCC[C@H]3C2=O)C(=O)N1. The molecule has 0 spiro atoms. The molecule has 0 bridgehead atoms. The number of piperidine rings is 1. The average molecular weight is 264 g/mol. The molecular formula is C13H16N2O4. The molecule has 2 aliphatic heterocycles. The molecule has 0 aromatic rings. The first-order valence-electron chi connectivity index (χ1n) is 6.80. The third-order valence-electron chi connectivity index (χ3n) is 4.40. The van der Waals surface area contributed by atoms with Crippen LogP contribution in [-0.4, -0.2) is 34.6 Å². The summed E-state index contributed by atoms with van der Waals surface area (Å²) in [6.07, 6.45) is 3.83. The van der Waals surface area contributed by atoms with Gasteiger partial charge in [0, 0.05) is 6.42 Å². The van der Waals surface area contributed by atoms with Crippen molar-refractivity contribution < 1.29 is 19.2 Å². The Balaban J connectivity index is 1.84. The topological polar surface area (TPSA) is 83.6 Å². The fraction of sp³-hybridized carbons (Fsp3) is 0.692. The summed E-state index contributed by atoms with van der Waals surface area (Å²) in [5.41, 5.74) is 0. The second-order valence-electron chi connectivity index (χ2n) is 5.51. The molecule has 0 aromatic heterocycles. The lowest BCUT2D eigenvalue weighted by Crippen LogP contribution is -2.54. The first-order valence-corrected chi connectivity index (χ1v) is 6.80. The fourth-order valence-electron chi connectivity index (χ4n) is 3.42. The van der Waals surface area contributed by atoms with E-state index in [2.05, 4.69) is 5.32 Å². The second-order valence-corrected chi connectivity index (χ2v) is 5.51. The molecule has 3 rings (SSSR count). The standard InChI is InChI=1S/C13H16N2O4/c16-10-6-5-9(11(17)14-10)15-12(18)7-3-1-2-4-8(7)13(15)19/h7-9H,1-6H2,(H,14,16,17)/t7-,8-,9-/m1/s1. The van der Waals surface area contributed by atoms with Gasteiger partial charge in [-0.25, -0.2) is 0 Å². The molecule has 3 fully saturated rings. The van der Waals surface area contributed by atoms with E-state index >= 15 is 0 Å². The third-order valence-corrected chi connectivity index (χ3v) is 4.40. The Kier molecular flexibility index (Phi) is 2.88. The van der Waals surface area contributed by atoms with E-state index in [-0.39, 0.29) is 42.4 Å². The van der Waals surface area contributed by atoms with Crippen LogP contribution in [0.4, 0.5) is 0 Å². The first-order chi connectivity index (χ1) is 9.09. The largest absolute Gasteiger partial charge is 0.295 e. The van der Waals surface area contributed by atoms with Crippen molar-refractivity contribution in [2.24, 2.45) is 11.8 Å². The van der Waals surface area contributed by atoms with Crippen LogP contribution in [0.3, 0.4) is 0 Å². The van der Waals surface area contributed by atoms with Crippen molar-refractivity contribution in [3.8, 4) is 0 Å². The van der Waals surface area contributed by atoms with Crippen molar-refractivity contribution in [3.05, 3.63) is 0 Å². The molecule has 6 nitrogen and oxygen atoms in total. The first kappa shape index (κ1) is 12.3. The van der Waals surface area contributed by atoms with E-state index < -0.39 is 11.9 Å². The highest BCUT2D eigenvalue weighted by atomic mass is 16.2. The van der Waals surface area contributed by atoms with Gasteiger partial charge < -0.3 is 0 Å². The Hall–Kier alpha value is -1.72. The fourth-order valence-corrected chi connectivity index (χ4v) is 3.42. The van der Waals surface area contributed by atoms with Gasteiger partial charge in [-0.1, -0.05) is 12.8 Å².